The van der Waals surface area contributed by atoms with Crippen molar-refractivity contribution in [3.8, 4) is 34.5 Å². The van der Waals surface area contributed by atoms with E-state index in [1.54, 1.807) is 28.4 Å². The lowest BCUT2D eigenvalue weighted by Gasteiger charge is -2.26. The zero-order valence-corrected chi connectivity index (χ0v) is 31.9. The highest BCUT2D eigenvalue weighted by Gasteiger charge is 2.15. The maximum Gasteiger partial charge on any atom is 0.119 e. The lowest BCUT2D eigenvalue weighted by Crippen LogP contribution is -2.10. The molecule has 7 aromatic rings. The van der Waals surface area contributed by atoms with Gasteiger partial charge in [-0.3, -0.25) is 0 Å². The minimum absolute atomic E-state index is 0.426. The summed E-state index contributed by atoms with van der Waals surface area (Å²) in [6, 6.07) is 56.5. The van der Waals surface area contributed by atoms with Crippen molar-refractivity contribution in [3.63, 3.8) is 0 Å². The van der Waals surface area contributed by atoms with E-state index in [0.717, 1.165) is 79.7 Å². The molecule has 0 bridgehead atoms. The van der Waals surface area contributed by atoms with Crippen LogP contribution in [0.5, 0.6) is 34.5 Å². The normalized spacial score (nSPS) is 10.6. The van der Waals surface area contributed by atoms with E-state index in [2.05, 4.69) is 52.3 Å². The fourth-order valence-electron chi connectivity index (χ4n) is 6.35. The summed E-state index contributed by atoms with van der Waals surface area (Å²) in [7, 11) is 6.68. The van der Waals surface area contributed by atoms with Crippen molar-refractivity contribution in [1.82, 2.24) is 0 Å². The number of hydrogen-bond acceptors (Lipinski definition) is 8. The molecule has 0 aliphatic rings. The van der Waals surface area contributed by atoms with Gasteiger partial charge >= 0.3 is 0 Å². The Morgan fingerprint density at radius 1 is 0.304 bits per heavy atom. The molecule has 0 saturated heterocycles. The van der Waals surface area contributed by atoms with Crippen LogP contribution in [-0.2, 0) is 13.2 Å². The van der Waals surface area contributed by atoms with E-state index in [1.165, 1.54) is 0 Å². The van der Waals surface area contributed by atoms with E-state index < -0.39 is 0 Å². The Morgan fingerprint density at radius 3 is 0.768 bits per heavy atom. The Balaban J connectivity index is 0.994. The van der Waals surface area contributed by atoms with Gasteiger partial charge in [0.1, 0.15) is 47.7 Å². The van der Waals surface area contributed by atoms with E-state index in [9.17, 15) is 0 Å². The third-order valence-corrected chi connectivity index (χ3v) is 9.31. The predicted octanol–water partition coefficient (Wildman–Crippen LogP) is 11.8. The van der Waals surface area contributed by atoms with Gasteiger partial charge in [0, 0.05) is 34.1 Å². The molecule has 0 aliphatic carbocycles. The second-order valence-electron chi connectivity index (χ2n) is 12.8. The number of nitrogens with zero attached hydrogens (tertiary/aromatic N) is 2. The Morgan fingerprint density at radius 2 is 0.536 bits per heavy atom. The number of rotatable bonds is 16. The van der Waals surface area contributed by atoms with Crippen molar-refractivity contribution < 1.29 is 28.4 Å². The molecule has 0 amide bonds. The highest BCUT2D eigenvalue weighted by molar-refractivity contribution is 5.78. The smallest absolute Gasteiger partial charge is 0.119 e. The van der Waals surface area contributed by atoms with Crippen molar-refractivity contribution in [2.75, 3.05) is 38.2 Å². The topological polar surface area (TPSA) is 61.9 Å². The molecule has 0 N–H and O–H groups in total. The van der Waals surface area contributed by atoms with Crippen LogP contribution in [0, 0.1) is 0 Å². The molecular weight excluding hydrogens is 701 g/mol. The summed E-state index contributed by atoms with van der Waals surface area (Å²) in [6.45, 7) is 0.851. The second-order valence-corrected chi connectivity index (χ2v) is 12.8. The second kappa shape index (κ2) is 17.8. The first kappa shape index (κ1) is 37.3. The Labute approximate surface area is 328 Å². The van der Waals surface area contributed by atoms with E-state index in [0.29, 0.717) is 13.2 Å². The summed E-state index contributed by atoms with van der Waals surface area (Å²) in [5.41, 5.74) is 8.11. The third-order valence-electron chi connectivity index (χ3n) is 9.31. The van der Waals surface area contributed by atoms with Crippen LogP contribution >= 0.6 is 0 Å². The summed E-state index contributed by atoms with van der Waals surface area (Å²) >= 11 is 0. The summed E-state index contributed by atoms with van der Waals surface area (Å²) in [6.07, 6.45) is 0. The van der Waals surface area contributed by atoms with Crippen LogP contribution in [-0.4, -0.2) is 28.4 Å². The van der Waals surface area contributed by atoms with Crippen molar-refractivity contribution >= 4 is 34.1 Å². The first-order valence-corrected chi connectivity index (χ1v) is 18.2. The van der Waals surface area contributed by atoms with Crippen LogP contribution in [0.15, 0.2) is 170 Å². The highest BCUT2D eigenvalue weighted by atomic mass is 16.5. The van der Waals surface area contributed by atoms with Crippen LogP contribution in [0.4, 0.5) is 34.1 Å². The minimum Gasteiger partial charge on any atom is -0.497 e. The van der Waals surface area contributed by atoms with E-state index in [4.69, 9.17) is 28.4 Å². The molecule has 7 rings (SSSR count). The van der Waals surface area contributed by atoms with Gasteiger partial charge in [-0.25, -0.2) is 0 Å². The van der Waals surface area contributed by atoms with Gasteiger partial charge in [-0.15, -0.1) is 0 Å². The summed E-state index contributed by atoms with van der Waals surface area (Å²) in [5, 5.41) is 0. The zero-order valence-electron chi connectivity index (χ0n) is 31.9. The lowest BCUT2D eigenvalue weighted by molar-refractivity contribution is 0.300. The maximum atomic E-state index is 6.24. The molecule has 0 spiro atoms. The largest absolute Gasteiger partial charge is 0.497 e. The Kier molecular flexibility index (Phi) is 11.9. The first-order chi connectivity index (χ1) is 27.5. The number of benzene rings is 7. The maximum absolute atomic E-state index is 6.24. The molecule has 0 aromatic heterocycles. The van der Waals surface area contributed by atoms with Crippen LogP contribution < -0.4 is 38.2 Å². The van der Waals surface area contributed by atoms with Gasteiger partial charge < -0.3 is 38.2 Å². The monoisotopic (exact) mass is 744 g/mol. The number of ether oxygens (including phenoxy) is 6. The zero-order chi connectivity index (χ0) is 38.7. The number of anilines is 6. The Bertz CT molecular complexity index is 2020. The van der Waals surface area contributed by atoms with Crippen LogP contribution in [0.2, 0.25) is 0 Å². The van der Waals surface area contributed by atoms with Gasteiger partial charge in [0.2, 0.25) is 0 Å². The van der Waals surface area contributed by atoms with Crippen molar-refractivity contribution in [2.45, 2.75) is 13.2 Å². The molecule has 8 nitrogen and oxygen atoms in total. The van der Waals surface area contributed by atoms with Crippen LogP contribution in [0.3, 0.4) is 0 Å². The molecule has 0 aliphatic heterocycles. The molecular formula is C48H44N2O6. The summed E-state index contributed by atoms with van der Waals surface area (Å²) < 4.78 is 34.0. The average molecular weight is 745 g/mol. The molecule has 7 aromatic carbocycles. The fourth-order valence-corrected chi connectivity index (χ4v) is 6.35. The van der Waals surface area contributed by atoms with Gasteiger partial charge in [0.15, 0.2) is 0 Å². The summed E-state index contributed by atoms with van der Waals surface area (Å²) in [5.74, 6) is 4.76. The van der Waals surface area contributed by atoms with Crippen LogP contribution in [0.25, 0.3) is 0 Å². The Hall–Kier alpha value is -7.06. The van der Waals surface area contributed by atoms with Gasteiger partial charge in [-0.1, -0.05) is 18.2 Å². The van der Waals surface area contributed by atoms with Gasteiger partial charge in [0.05, 0.1) is 28.4 Å². The van der Waals surface area contributed by atoms with Crippen molar-refractivity contribution in [2.24, 2.45) is 0 Å². The molecule has 0 radical (unpaired) electrons. The predicted molar refractivity (Wildman–Crippen MR) is 224 cm³/mol. The van der Waals surface area contributed by atoms with E-state index in [-0.39, 0.29) is 0 Å². The van der Waals surface area contributed by atoms with Crippen LogP contribution in [0.1, 0.15) is 11.1 Å². The van der Waals surface area contributed by atoms with Crippen molar-refractivity contribution in [3.05, 3.63) is 181 Å². The standard InChI is InChI=1S/C48H44N2O6/c1-51-43-20-8-37(9-21-43)49(38-10-22-44(52-2)23-11-38)41-16-28-47(29-17-41)55-33-35-6-5-7-36(32-35)34-56-48-30-18-42(19-31-48)50(39-12-24-45(53-3)25-13-39)40-14-26-46(54-4)27-15-40/h5-32H,33-34H2,1-4H3. The quantitative estimate of drug-likeness (QED) is 0.0969. The number of methoxy groups -OCH3 is 4. The molecule has 56 heavy (non-hydrogen) atoms. The van der Waals surface area contributed by atoms with Gasteiger partial charge in [0.25, 0.3) is 0 Å². The molecule has 0 atom stereocenters. The molecule has 0 saturated carbocycles. The third kappa shape index (κ3) is 9.00. The van der Waals surface area contributed by atoms with Gasteiger partial charge in [-0.2, -0.15) is 0 Å². The molecule has 0 unspecified atom stereocenters. The molecule has 282 valence electrons. The summed E-state index contributed by atoms with van der Waals surface area (Å²) in [4.78, 5) is 4.36. The highest BCUT2D eigenvalue weighted by Crippen LogP contribution is 2.38. The first-order valence-electron chi connectivity index (χ1n) is 18.2. The number of hydrogen-bond donors (Lipinski definition) is 0. The minimum atomic E-state index is 0.426. The van der Waals surface area contributed by atoms with E-state index in [1.807, 2.05) is 127 Å². The van der Waals surface area contributed by atoms with Gasteiger partial charge in [-0.05, 0) is 163 Å². The molecule has 8 heteroatoms. The van der Waals surface area contributed by atoms with E-state index >= 15 is 0 Å². The molecule has 0 heterocycles. The molecule has 0 fully saturated rings. The fraction of sp³-hybridized carbons (Fsp3) is 0.125. The lowest BCUT2D eigenvalue weighted by atomic mass is 10.1. The van der Waals surface area contributed by atoms with Crippen molar-refractivity contribution in [1.29, 1.82) is 0 Å². The SMILES string of the molecule is COc1ccc(N(c2ccc(OC)cc2)c2ccc(OCc3cccc(COc4ccc(N(c5ccc(OC)cc5)c5ccc(OC)cc5)cc4)c3)cc2)cc1. The average Bonchev–Trinajstić information content (AvgIpc) is 3.27.